The monoisotopic (exact) mass is 311 g/mol. The van der Waals surface area contributed by atoms with E-state index in [0.717, 1.165) is 50.3 Å². The van der Waals surface area contributed by atoms with Crippen molar-refractivity contribution in [3.63, 3.8) is 0 Å². The summed E-state index contributed by atoms with van der Waals surface area (Å²) in [7, 11) is 0. The zero-order valence-electron chi connectivity index (χ0n) is 10.9. The van der Waals surface area contributed by atoms with Crippen LogP contribution in [0.25, 0.3) is 0 Å². The van der Waals surface area contributed by atoms with Gasteiger partial charge in [0.15, 0.2) is 0 Å². The van der Waals surface area contributed by atoms with Crippen LogP contribution in [0, 0.1) is 11.7 Å². The topological polar surface area (TPSA) is 26.0 Å². The Labute approximate surface area is 122 Å². The van der Waals surface area contributed by atoms with Crippen molar-refractivity contribution in [1.82, 2.24) is 0 Å². The molecule has 0 spiro atoms. The molecule has 1 aliphatic carbocycles. The van der Waals surface area contributed by atoms with Crippen molar-refractivity contribution >= 4 is 12.4 Å². The largest absolute Gasteiger partial charge is 0.416 e. The predicted octanol–water partition coefficient (Wildman–Crippen LogP) is 4.85. The fourth-order valence-corrected chi connectivity index (χ4v) is 2.85. The third-order valence-electron chi connectivity index (χ3n) is 3.85. The average molecular weight is 312 g/mol. The maximum absolute atomic E-state index is 13.8. The minimum Gasteiger partial charge on any atom is -0.324 e. The van der Waals surface area contributed by atoms with E-state index < -0.39 is 23.6 Å². The van der Waals surface area contributed by atoms with Crippen molar-refractivity contribution in [3.8, 4) is 0 Å². The summed E-state index contributed by atoms with van der Waals surface area (Å²) in [5, 5.41) is 0. The summed E-state index contributed by atoms with van der Waals surface area (Å²) >= 11 is 0. The van der Waals surface area contributed by atoms with Gasteiger partial charge < -0.3 is 5.73 Å². The number of hydrogen-bond acceptors (Lipinski definition) is 1. The van der Waals surface area contributed by atoms with E-state index in [1.807, 2.05) is 0 Å². The van der Waals surface area contributed by atoms with Gasteiger partial charge in [0.2, 0.25) is 0 Å². The first-order valence-electron chi connectivity index (χ1n) is 6.52. The van der Waals surface area contributed by atoms with Gasteiger partial charge in [-0.2, -0.15) is 13.2 Å². The van der Waals surface area contributed by atoms with E-state index in [1.165, 1.54) is 0 Å². The van der Waals surface area contributed by atoms with E-state index in [-0.39, 0.29) is 23.9 Å². The van der Waals surface area contributed by atoms with E-state index >= 15 is 0 Å². The lowest BCUT2D eigenvalue weighted by atomic mass is 9.80. The quantitative estimate of drug-likeness (QED) is 0.777. The Kier molecular flexibility index (Phi) is 5.83. The zero-order chi connectivity index (χ0) is 14.0. The lowest BCUT2D eigenvalue weighted by Gasteiger charge is -2.29. The number of hydrogen-bond donors (Lipinski definition) is 1. The molecule has 0 bridgehead atoms. The predicted molar refractivity (Wildman–Crippen MR) is 72.2 cm³/mol. The Balaban J connectivity index is 0.00000200. The van der Waals surface area contributed by atoms with Crippen LogP contribution in [0.3, 0.4) is 0 Å². The van der Waals surface area contributed by atoms with E-state index in [1.54, 1.807) is 0 Å². The van der Waals surface area contributed by atoms with E-state index in [2.05, 4.69) is 0 Å². The van der Waals surface area contributed by atoms with Gasteiger partial charge in [-0.15, -0.1) is 12.4 Å². The summed E-state index contributed by atoms with van der Waals surface area (Å²) in [5.41, 5.74) is 4.62. The number of alkyl halides is 3. The van der Waals surface area contributed by atoms with Crippen LogP contribution < -0.4 is 5.73 Å². The Morgan fingerprint density at radius 1 is 1.10 bits per heavy atom. The van der Waals surface area contributed by atoms with Crippen molar-refractivity contribution < 1.29 is 17.6 Å². The Morgan fingerprint density at radius 2 is 1.70 bits per heavy atom. The molecule has 0 aromatic heterocycles. The van der Waals surface area contributed by atoms with Gasteiger partial charge >= 0.3 is 6.18 Å². The molecule has 1 aromatic rings. The van der Waals surface area contributed by atoms with Crippen LogP contribution in [0.4, 0.5) is 17.6 Å². The molecule has 0 heterocycles. The third-order valence-corrected chi connectivity index (χ3v) is 3.85. The van der Waals surface area contributed by atoms with Crippen LogP contribution in [-0.2, 0) is 6.18 Å². The second-order valence-electron chi connectivity index (χ2n) is 5.12. The minimum absolute atomic E-state index is 0. The average Bonchev–Trinajstić information content (AvgIpc) is 2.37. The van der Waals surface area contributed by atoms with Gasteiger partial charge in [-0.3, -0.25) is 0 Å². The van der Waals surface area contributed by atoms with E-state index in [0.29, 0.717) is 0 Å². The molecule has 0 amide bonds. The fraction of sp³-hybridized carbons (Fsp3) is 0.571. The molecule has 6 heteroatoms. The summed E-state index contributed by atoms with van der Waals surface area (Å²) in [6.07, 6.45) is -0.0434. The van der Waals surface area contributed by atoms with Crippen LogP contribution in [0.15, 0.2) is 18.2 Å². The molecule has 0 unspecified atom stereocenters. The van der Waals surface area contributed by atoms with Crippen molar-refractivity contribution in [3.05, 3.63) is 35.1 Å². The molecule has 0 aliphatic heterocycles. The summed E-state index contributed by atoms with van der Waals surface area (Å²) < 4.78 is 52.6. The van der Waals surface area contributed by atoms with Crippen molar-refractivity contribution in [2.24, 2.45) is 11.7 Å². The molecule has 0 radical (unpaired) electrons. The highest BCUT2D eigenvalue weighted by Gasteiger charge is 2.37. The van der Waals surface area contributed by atoms with Gasteiger partial charge in [0, 0.05) is 11.6 Å². The van der Waals surface area contributed by atoms with Gasteiger partial charge in [0.1, 0.15) is 5.82 Å². The third kappa shape index (κ3) is 3.64. The number of benzene rings is 1. The normalized spacial score (nSPS) is 18.4. The highest BCUT2D eigenvalue weighted by molar-refractivity contribution is 5.85. The number of halogens is 5. The second-order valence-corrected chi connectivity index (χ2v) is 5.12. The molecule has 1 aliphatic rings. The van der Waals surface area contributed by atoms with Crippen LogP contribution in [0.2, 0.25) is 0 Å². The Bertz CT molecular complexity index is 441. The summed E-state index contributed by atoms with van der Waals surface area (Å²) in [4.78, 5) is 0. The number of nitrogens with two attached hydrogens (primary N) is 1. The molecule has 1 atom stereocenters. The summed E-state index contributed by atoms with van der Waals surface area (Å²) in [5.74, 6) is -0.917. The van der Waals surface area contributed by atoms with E-state index in [4.69, 9.17) is 5.73 Å². The fourth-order valence-electron chi connectivity index (χ4n) is 2.85. The molecule has 20 heavy (non-hydrogen) atoms. The first-order chi connectivity index (χ1) is 8.91. The lowest BCUT2D eigenvalue weighted by Crippen LogP contribution is -2.27. The second kappa shape index (κ2) is 6.76. The molecule has 114 valence electrons. The van der Waals surface area contributed by atoms with Gasteiger partial charge in [0.05, 0.1) is 5.56 Å². The summed E-state index contributed by atoms with van der Waals surface area (Å²) in [6, 6.07) is 2.15. The van der Waals surface area contributed by atoms with Gasteiger partial charge in [-0.1, -0.05) is 25.3 Å². The highest BCUT2D eigenvalue weighted by Crippen LogP contribution is 2.40. The van der Waals surface area contributed by atoms with Gasteiger partial charge in [-0.25, -0.2) is 4.39 Å². The maximum atomic E-state index is 13.8. The molecule has 2 N–H and O–H groups in total. The molecule has 2 rings (SSSR count). The molecular weight excluding hydrogens is 294 g/mol. The van der Waals surface area contributed by atoms with Gasteiger partial charge in [-0.05, 0) is 30.9 Å². The van der Waals surface area contributed by atoms with Crippen molar-refractivity contribution in [2.75, 3.05) is 0 Å². The van der Waals surface area contributed by atoms with Crippen LogP contribution in [0.1, 0.15) is 49.3 Å². The van der Waals surface area contributed by atoms with Crippen molar-refractivity contribution in [1.29, 1.82) is 0 Å². The smallest absolute Gasteiger partial charge is 0.324 e. The molecule has 0 saturated heterocycles. The molecular formula is C14H18ClF4N. The molecule has 1 fully saturated rings. The highest BCUT2D eigenvalue weighted by atomic mass is 35.5. The Morgan fingerprint density at radius 3 is 2.25 bits per heavy atom. The number of rotatable bonds is 2. The minimum atomic E-state index is -4.57. The SMILES string of the molecule is Cl.N[C@H](c1c(F)cccc1C(F)(F)F)C1CCCCC1. The van der Waals surface area contributed by atoms with Crippen LogP contribution in [-0.4, -0.2) is 0 Å². The van der Waals surface area contributed by atoms with E-state index in [9.17, 15) is 17.6 Å². The maximum Gasteiger partial charge on any atom is 0.416 e. The van der Waals surface area contributed by atoms with Crippen LogP contribution >= 0.6 is 12.4 Å². The first-order valence-corrected chi connectivity index (χ1v) is 6.52. The lowest BCUT2D eigenvalue weighted by molar-refractivity contribution is -0.138. The molecule has 1 nitrogen and oxygen atoms in total. The Hall–Kier alpha value is -0.810. The van der Waals surface area contributed by atoms with Gasteiger partial charge in [0.25, 0.3) is 0 Å². The molecule has 1 saturated carbocycles. The standard InChI is InChI=1S/C14H17F4N.ClH/c15-11-8-4-7-10(14(16,17)18)12(11)13(19)9-5-2-1-3-6-9;/h4,7-9,13H,1-3,5-6,19H2;1H/t13-;/m0./s1. The first kappa shape index (κ1) is 17.2. The van der Waals surface area contributed by atoms with Crippen LogP contribution in [0.5, 0.6) is 0 Å². The zero-order valence-corrected chi connectivity index (χ0v) is 11.7. The van der Waals surface area contributed by atoms with Crippen molar-refractivity contribution in [2.45, 2.75) is 44.3 Å². The summed E-state index contributed by atoms with van der Waals surface area (Å²) in [6.45, 7) is 0. The molecule has 1 aromatic carbocycles.